The molecule has 0 unspecified atom stereocenters. The molecule has 0 aromatic rings. The predicted molar refractivity (Wildman–Crippen MR) is 63.5 cm³/mol. The minimum Gasteiger partial charge on any atom is -0.295 e. The number of rotatable bonds is 3. The highest BCUT2D eigenvalue weighted by Crippen LogP contribution is 2.26. The second-order valence-electron chi connectivity index (χ2n) is 3.99. The van der Waals surface area contributed by atoms with Crippen LogP contribution in [0.25, 0.3) is 0 Å². The molecule has 0 amide bonds. The molecule has 0 aromatic heterocycles. The van der Waals surface area contributed by atoms with Gasteiger partial charge in [-0.1, -0.05) is 27.1 Å². The molecule has 2 heteroatoms. The van der Waals surface area contributed by atoms with Crippen LogP contribution in [0.3, 0.4) is 0 Å². The van der Waals surface area contributed by atoms with Crippen molar-refractivity contribution < 1.29 is 4.79 Å². The van der Waals surface area contributed by atoms with Crippen LogP contribution in [0.5, 0.6) is 0 Å². The Balaban J connectivity index is 2.61. The molecule has 0 bridgehead atoms. The number of hydrogen-bond acceptors (Lipinski definition) is 1. The van der Waals surface area contributed by atoms with Crippen molar-refractivity contribution in [1.29, 1.82) is 0 Å². The predicted octanol–water partition coefficient (Wildman–Crippen LogP) is 4.13. The lowest BCUT2D eigenvalue weighted by molar-refractivity contribution is -0.116. The number of hydrogen-bond donors (Lipinski definition) is 0. The van der Waals surface area contributed by atoms with E-state index < -0.39 is 0 Å². The lowest BCUT2D eigenvalue weighted by Gasteiger charge is -2.16. The van der Waals surface area contributed by atoms with Crippen molar-refractivity contribution in [3.63, 3.8) is 0 Å². The fourth-order valence-electron chi connectivity index (χ4n) is 1.78. The smallest absolute Gasteiger partial charge is 0.158 e. The van der Waals surface area contributed by atoms with Crippen molar-refractivity contribution in [3.8, 4) is 0 Å². The number of Topliss-reactive ketones (excluding diaryl/α,β-unsaturated/α-hetero) is 1. The zero-order chi connectivity index (χ0) is 10.6. The van der Waals surface area contributed by atoms with E-state index in [0.717, 1.165) is 37.7 Å². The molecular weight excluding hydrogens is 240 g/mol. The Labute approximate surface area is 94.4 Å². The fraction of sp³-hybridized carbons (Fsp3) is 0.583. The van der Waals surface area contributed by atoms with Crippen LogP contribution >= 0.6 is 15.9 Å². The highest BCUT2D eigenvalue weighted by Gasteiger charge is 2.17. The third-order valence-electron chi connectivity index (χ3n) is 2.76. The van der Waals surface area contributed by atoms with Crippen LogP contribution in [-0.4, -0.2) is 5.78 Å². The number of ketones is 1. The van der Waals surface area contributed by atoms with Gasteiger partial charge in [-0.15, -0.1) is 0 Å². The Hall–Kier alpha value is -0.370. The minimum absolute atomic E-state index is 0.371. The first-order valence-electron chi connectivity index (χ1n) is 5.13. The molecule has 0 spiro atoms. The maximum Gasteiger partial charge on any atom is 0.158 e. The van der Waals surface area contributed by atoms with E-state index >= 15 is 0 Å². The van der Waals surface area contributed by atoms with Crippen molar-refractivity contribution >= 4 is 21.7 Å². The molecule has 0 saturated heterocycles. The zero-order valence-electron chi connectivity index (χ0n) is 8.90. The van der Waals surface area contributed by atoms with Gasteiger partial charge in [0, 0.05) is 6.42 Å². The van der Waals surface area contributed by atoms with Crippen molar-refractivity contribution in [2.75, 3.05) is 0 Å². The van der Waals surface area contributed by atoms with Crippen molar-refractivity contribution in [1.82, 2.24) is 0 Å². The molecule has 1 aliphatic rings. The van der Waals surface area contributed by atoms with Crippen LogP contribution in [-0.2, 0) is 4.79 Å². The second kappa shape index (κ2) is 5.50. The van der Waals surface area contributed by atoms with Gasteiger partial charge in [0.1, 0.15) is 0 Å². The van der Waals surface area contributed by atoms with E-state index in [4.69, 9.17) is 0 Å². The first kappa shape index (κ1) is 11.7. The van der Waals surface area contributed by atoms with E-state index in [1.165, 1.54) is 11.1 Å². The Morgan fingerprint density at radius 1 is 1.50 bits per heavy atom. The molecule has 0 N–H and O–H groups in total. The molecule has 0 heterocycles. The van der Waals surface area contributed by atoms with E-state index in [-0.39, 0.29) is 0 Å². The highest BCUT2D eigenvalue weighted by atomic mass is 79.9. The molecule has 0 aliphatic heterocycles. The molecule has 0 radical (unpaired) electrons. The van der Waals surface area contributed by atoms with Crippen LogP contribution < -0.4 is 0 Å². The van der Waals surface area contributed by atoms with Gasteiger partial charge in [-0.25, -0.2) is 0 Å². The number of carbonyl (C=O) groups is 1. The molecule has 78 valence electrons. The van der Waals surface area contributed by atoms with Crippen molar-refractivity contribution in [2.24, 2.45) is 0 Å². The molecule has 1 nitrogen and oxygen atoms in total. The molecule has 14 heavy (non-hydrogen) atoms. The summed E-state index contributed by atoms with van der Waals surface area (Å²) in [4.78, 5) is 13.6. The summed E-state index contributed by atoms with van der Waals surface area (Å²) in [5, 5.41) is 0. The van der Waals surface area contributed by atoms with Gasteiger partial charge in [0.15, 0.2) is 5.78 Å². The zero-order valence-corrected chi connectivity index (χ0v) is 10.5. The third-order valence-corrected chi connectivity index (χ3v) is 3.54. The summed E-state index contributed by atoms with van der Waals surface area (Å²) in [5.41, 5.74) is 3.69. The van der Waals surface area contributed by atoms with Gasteiger partial charge in [0.25, 0.3) is 0 Å². The maximum atomic E-state index is 11.6. The Morgan fingerprint density at radius 3 is 2.79 bits per heavy atom. The summed E-state index contributed by atoms with van der Waals surface area (Å²) in [6.45, 7) is 4.18. The standard InChI is InChI=1S/C12H17BrO/c1-9(8-13)6-7-11-10(2)4-3-5-12(11)14/h8H,3-7H2,1-2H3/b9-8+. The molecule has 0 fully saturated rings. The first-order chi connectivity index (χ1) is 6.65. The summed E-state index contributed by atoms with van der Waals surface area (Å²) in [6.07, 6.45) is 4.81. The highest BCUT2D eigenvalue weighted by molar-refractivity contribution is 9.11. The topological polar surface area (TPSA) is 17.1 Å². The van der Waals surface area contributed by atoms with E-state index in [0.29, 0.717) is 5.78 Å². The lowest BCUT2D eigenvalue weighted by atomic mass is 9.88. The second-order valence-corrected chi connectivity index (χ2v) is 4.45. The Bertz CT molecular complexity index is 287. The van der Waals surface area contributed by atoms with E-state index in [2.05, 4.69) is 29.8 Å². The van der Waals surface area contributed by atoms with Gasteiger partial charge in [-0.3, -0.25) is 4.79 Å². The Kier molecular flexibility index (Phi) is 4.59. The van der Waals surface area contributed by atoms with Gasteiger partial charge >= 0.3 is 0 Å². The molecule has 0 saturated carbocycles. The average Bonchev–Trinajstić information content (AvgIpc) is 2.16. The van der Waals surface area contributed by atoms with Gasteiger partial charge in [-0.2, -0.15) is 0 Å². The lowest BCUT2D eigenvalue weighted by Crippen LogP contribution is -2.10. The van der Waals surface area contributed by atoms with Crippen molar-refractivity contribution in [2.45, 2.75) is 46.0 Å². The molecular formula is C12H17BrO. The van der Waals surface area contributed by atoms with Crippen LogP contribution in [0.15, 0.2) is 21.7 Å². The van der Waals surface area contributed by atoms with Gasteiger partial charge in [0.05, 0.1) is 0 Å². The van der Waals surface area contributed by atoms with Gasteiger partial charge < -0.3 is 0 Å². The summed E-state index contributed by atoms with van der Waals surface area (Å²) >= 11 is 3.31. The molecule has 1 aliphatic carbocycles. The monoisotopic (exact) mass is 256 g/mol. The van der Waals surface area contributed by atoms with Crippen LogP contribution in [0.1, 0.15) is 46.0 Å². The van der Waals surface area contributed by atoms with Gasteiger partial charge in [-0.05, 0) is 50.1 Å². The molecule has 1 rings (SSSR count). The number of allylic oxidation sites excluding steroid dienone is 3. The quantitative estimate of drug-likeness (QED) is 0.742. The largest absolute Gasteiger partial charge is 0.295 e. The van der Waals surface area contributed by atoms with Crippen molar-refractivity contribution in [3.05, 3.63) is 21.7 Å². The summed E-state index contributed by atoms with van der Waals surface area (Å²) in [6, 6.07) is 0. The summed E-state index contributed by atoms with van der Waals surface area (Å²) < 4.78 is 0. The van der Waals surface area contributed by atoms with E-state index in [1.54, 1.807) is 0 Å². The summed E-state index contributed by atoms with van der Waals surface area (Å²) in [5.74, 6) is 0.371. The van der Waals surface area contributed by atoms with Gasteiger partial charge in [0.2, 0.25) is 0 Å². The maximum absolute atomic E-state index is 11.6. The summed E-state index contributed by atoms with van der Waals surface area (Å²) in [7, 11) is 0. The van der Waals surface area contributed by atoms with E-state index in [1.807, 2.05) is 4.99 Å². The SMILES string of the molecule is CC1=C(CC/C(C)=C/Br)C(=O)CCC1. The van der Waals surface area contributed by atoms with Crippen LogP contribution in [0.2, 0.25) is 0 Å². The normalized spacial score (nSPS) is 19.1. The number of halogens is 1. The molecule has 0 atom stereocenters. The van der Waals surface area contributed by atoms with Crippen LogP contribution in [0.4, 0.5) is 0 Å². The van der Waals surface area contributed by atoms with Crippen LogP contribution in [0, 0.1) is 0 Å². The fourth-order valence-corrected chi connectivity index (χ4v) is 2.01. The molecule has 0 aromatic carbocycles. The average molecular weight is 257 g/mol. The first-order valence-corrected chi connectivity index (χ1v) is 6.04. The number of carbonyl (C=O) groups excluding carboxylic acids is 1. The minimum atomic E-state index is 0.371. The Morgan fingerprint density at radius 2 is 2.21 bits per heavy atom. The third kappa shape index (κ3) is 3.09. The van der Waals surface area contributed by atoms with E-state index in [9.17, 15) is 4.79 Å².